The molecule has 0 saturated heterocycles. The molecule has 0 aliphatic rings. The van der Waals surface area contributed by atoms with Gasteiger partial charge < -0.3 is 6.92 Å². The number of hydrogen-bond acceptors (Lipinski definition) is 0. The van der Waals surface area contributed by atoms with Crippen LogP contribution in [0.1, 0.15) is 20.8 Å². The van der Waals surface area contributed by atoms with E-state index in [9.17, 15) is 0 Å². The molecule has 0 amide bonds. The molecule has 0 heterocycles. The second kappa shape index (κ2) is 11.4. The molecule has 0 saturated carbocycles. The van der Waals surface area contributed by atoms with Crippen LogP contribution in [0.5, 0.6) is 0 Å². The minimum Gasteiger partial charge on any atom is -0.338 e. The average Bonchev–Trinajstić information content (AvgIpc) is 2.29. The molecule has 0 atom stereocenters. The summed E-state index contributed by atoms with van der Waals surface area (Å²) in [7, 11) is 0.271. The van der Waals surface area contributed by atoms with Gasteiger partial charge in [-0.05, 0) is 0 Å². The van der Waals surface area contributed by atoms with Gasteiger partial charge in [-0.2, -0.15) is 15.8 Å². The Kier molecular flexibility index (Phi) is 12.5. The summed E-state index contributed by atoms with van der Waals surface area (Å²) in [5, 5.41) is 2.90. The first kappa shape index (κ1) is 22.0. The molecule has 0 fully saturated rings. The SMILES string of the molecule is Cl.[CH2-]C(C)(C)C.[Mg+2].c1ccc([SiH-]c2ccccc2)cc1. The molecule has 0 unspecified atom stereocenters. The molecular formula is C17H23ClMgSi. The standard InChI is InChI=1S/C12H11Si.C5H11.ClH.Mg/c1-3-7-11(8-4-1)13-12-9-5-2-6-10-12;1-5(2,3)4;;/h1-10,13H;1H2,2-4H3;1H;/q2*-1;;+2. The van der Waals surface area contributed by atoms with Crippen LogP contribution in [0.25, 0.3) is 0 Å². The van der Waals surface area contributed by atoms with Gasteiger partial charge in [0.2, 0.25) is 0 Å². The number of hydrogen-bond donors (Lipinski definition) is 0. The summed E-state index contributed by atoms with van der Waals surface area (Å²) in [5.74, 6) is 0. The van der Waals surface area contributed by atoms with Crippen LogP contribution in [0.4, 0.5) is 0 Å². The van der Waals surface area contributed by atoms with Crippen LogP contribution >= 0.6 is 12.4 Å². The molecule has 0 nitrogen and oxygen atoms in total. The molecule has 0 radical (unpaired) electrons. The van der Waals surface area contributed by atoms with Crippen molar-refractivity contribution in [1.82, 2.24) is 0 Å². The zero-order valence-corrected chi connectivity index (χ0v) is 16.1. The Balaban J connectivity index is 0. The average molecular weight is 315 g/mol. The predicted octanol–water partition coefficient (Wildman–Crippen LogP) is 2.98. The summed E-state index contributed by atoms with van der Waals surface area (Å²) in [4.78, 5) is 0. The van der Waals surface area contributed by atoms with Crippen molar-refractivity contribution in [3.8, 4) is 0 Å². The monoisotopic (exact) mass is 314 g/mol. The normalized spacial score (nSPS) is 9.20. The van der Waals surface area contributed by atoms with Gasteiger partial charge >= 0.3 is 23.1 Å². The summed E-state index contributed by atoms with van der Waals surface area (Å²) in [6.45, 7) is 10.0. The maximum absolute atomic E-state index is 3.77. The molecule has 0 N–H and O–H groups in total. The van der Waals surface area contributed by atoms with Gasteiger partial charge in [-0.3, -0.25) is 9.52 Å². The molecule has 0 bridgehead atoms. The zero-order valence-electron chi connectivity index (χ0n) is 12.7. The largest absolute Gasteiger partial charge is 2.00 e. The first-order valence-electron chi connectivity index (χ1n) is 6.25. The predicted molar refractivity (Wildman–Crippen MR) is 97.1 cm³/mol. The van der Waals surface area contributed by atoms with Crippen molar-refractivity contribution in [2.45, 2.75) is 20.8 Å². The van der Waals surface area contributed by atoms with E-state index in [0.717, 1.165) is 0 Å². The second-order valence-electron chi connectivity index (χ2n) is 5.53. The molecule has 0 aromatic heterocycles. The number of halogens is 1. The Hall–Kier alpha value is -0.287. The molecule has 2 aromatic carbocycles. The quantitative estimate of drug-likeness (QED) is 0.590. The van der Waals surface area contributed by atoms with Crippen LogP contribution in [0, 0.1) is 12.3 Å². The van der Waals surface area contributed by atoms with E-state index < -0.39 is 0 Å². The van der Waals surface area contributed by atoms with Gasteiger partial charge in [0.25, 0.3) is 0 Å². The third-order valence-corrected chi connectivity index (χ3v) is 3.37. The smallest absolute Gasteiger partial charge is 0.338 e. The van der Waals surface area contributed by atoms with Crippen LogP contribution < -0.4 is 10.4 Å². The minimum absolute atomic E-state index is 0. The van der Waals surface area contributed by atoms with Gasteiger partial charge in [-0.1, -0.05) is 81.4 Å². The molecule has 0 aliphatic carbocycles. The summed E-state index contributed by atoms with van der Waals surface area (Å²) in [6, 6.07) is 21.3. The fourth-order valence-corrected chi connectivity index (χ4v) is 2.51. The fraction of sp³-hybridized carbons (Fsp3) is 0.235. The van der Waals surface area contributed by atoms with E-state index in [0.29, 0.717) is 0 Å². The zero-order chi connectivity index (χ0) is 13.4. The van der Waals surface area contributed by atoms with Crippen LogP contribution in [-0.2, 0) is 0 Å². The van der Waals surface area contributed by atoms with Gasteiger partial charge in [0, 0.05) is 0 Å². The van der Waals surface area contributed by atoms with Gasteiger partial charge in [0.05, 0.1) is 0 Å². The molecule has 2 aromatic rings. The van der Waals surface area contributed by atoms with E-state index in [4.69, 9.17) is 0 Å². The van der Waals surface area contributed by atoms with E-state index in [2.05, 4.69) is 88.4 Å². The first-order valence-corrected chi connectivity index (χ1v) is 7.41. The molecule has 20 heavy (non-hydrogen) atoms. The van der Waals surface area contributed by atoms with Gasteiger partial charge in [0.15, 0.2) is 0 Å². The van der Waals surface area contributed by atoms with E-state index in [1.54, 1.807) is 0 Å². The topological polar surface area (TPSA) is 0 Å². The van der Waals surface area contributed by atoms with Crippen molar-refractivity contribution < 1.29 is 0 Å². The Morgan fingerprint density at radius 3 is 1.25 bits per heavy atom. The van der Waals surface area contributed by atoms with E-state index >= 15 is 0 Å². The molecular weight excluding hydrogens is 292 g/mol. The Labute approximate surface area is 148 Å². The van der Waals surface area contributed by atoms with Crippen molar-refractivity contribution in [3.63, 3.8) is 0 Å². The summed E-state index contributed by atoms with van der Waals surface area (Å²) in [6.07, 6.45) is 0. The van der Waals surface area contributed by atoms with E-state index in [1.807, 2.05) is 0 Å². The number of benzene rings is 2. The fourth-order valence-electron chi connectivity index (χ4n) is 1.29. The maximum Gasteiger partial charge on any atom is 2.00 e. The second-order valence-corrected chi connectivity index (χ2v) is 7.15. The van der Waals surface area contributed by atoms with Gasteiger partial charge in [-0.15, -0.1) is 12.4 Å². The molecule has 104 valence electrons. The van der Waals surface area contributed by atoms with Crippen molar-refractivity contribution in [2.24, 2.45) is 5.41 Å². The number of rotatable bonds is 2. The summed E-state index contributed by atoms with van der Waals surface area (Å²) >= 11 is 0. The Morgan fingerprint density at radius 2 is 1.00 bits per heavy atom. The minimum atomic E-state index is 0. The van der Waals surface area contributed by atoms with Crippen LogP contribution in [-0.4, -0.2) is 32.6 Å². The van der Waals surface area contributed by atoms with Crippen molar-refractivity contribution >= 4 is 55.4 Å². The van der Waals surface area contributed by atoms with Crippen molar-refractivity contribution in [2.75, 3.05) is 0 Å². The van der Waals surface area contributed by atoms with Crippen LogP contribution in [0.15, 0.2) is 60.7 Å². The third kappa shape index (κ3) is 12.7. The summed E-state index contributed by atoms with van der Waals surface area (Å²) < 4.78 is 0. The Bertz CT molecular complexity index is 394. The van der Waals surface area contributed by atoms with Gasteiger partial charge in [-0.25, -0.2) is 0 Å². The summed E-state index contributed by atoms with van der Waals surface area (Å²) in [5.41, 5.74) is 0.250. The van der Waals surface area contributed by atoms with Crippen LogP contribution in [0.3, 0.4) is 0 Å². The first-order chi connectivity index (χ1) is 8.45. The molecule has 0 aliphatic heterocycles. The Morgan fingerprint density at radius 1 is 0.750 bits per heavy atom. The molecule has 3 heteroatoms. The van der Waals surface area contributed by atoms with E-state index in [-0.39, 0.29) is 50.4 Å². The van der Waals surface area contributed by atoms with Crippen LogP contribution in [0.2, 0.25) is 0 Å². The molecule has 0 spiro atoms. The maximum atomic E-state index is 3.77. The third-order valence-electron chi connectivity index (χ3n) is 1.93. The van der Waals surface area contributed by atoms with Crippen molar-refractivity contribution in [1.29, 1.82) is 0 Å². The van der Waals surface area contributed by atoms with E-state index in [1.165, 1.54) is 10.4 Å². The molecule has 2 rings (SSSR count). The van der Waals surface area contributed by atoms with Crippen molar-refractivity contribution in [3.05, 3.63) is 67.6 Å². The van der Waals surface area contributed by atoms with Gasteiger partial charge in [0.1, 0.15) is 0 Å².